The second-order valence-corrected chi connectivity index (χ2v) is 7.04. The van der Waals surface area contributed by atoms with Crippen molar-refractivity contribution >= 4 is 17.6 Å². The molecule has 1 aliphatic heterocycles. The predicted octanol–water partition coefficient (Wildman–Crippen LogP) is 0.512. The van der Waals surface area contributed by atoms with Crippen molar-refractivity contribution in [2.45, 2.75) is 19.5 Å². The molecule has 0 aromatic heterocycles. The zero-order valence-electron chi connectivity index (χ0n) is 16.0. The molecule has 28 heavy (non-hydrogen) atoms. The van der Waals surface area contributed by atoms with Crippen LogP contribution in [-0.2, 0) is 11.3 Å². The number of imide groups is 1. The van der Waals surface area contributed by atoms with Crippen LogP contribution in [0.15, 0.2) is 54.6 Å². The lowest BCUT2D eigenvalue weighted by molar-refractivity contribution is -0.914. The van der Waals surface area contributed by atoms with Gasteiger partial charge in [0.05, 0.1) is 26.2 Å². The van der Waals surface area contributed by atoms with Gasteiger partial charge in [0.25, 0.3) is 5.91 Å². The van der Waals surface area contributed by atoms with Crippen LogP contribution in [0.4, 0.5) is 10.5 Å². The summed E-state index contributed by atoms with van der Waals surface area (Å²) in [6.45, 7) is 5.48. The van der Waals surface area contributed by atoms with E-state index in [1.165, 1.54) is 0 Å². The summed E-state index contributed by atoms with van der Waals surface area (Å²) in [4.78, 5) is 27.8. The summed E-state index contributed by atoms with van der Waals surface area (Å²) in [5.41, 5.74) is 2.04. The highest BCUT2D eigenvalue weighted by Crippen LogP contribution is 2.18. The predicted molar refractivity (Wildman–Crippen MR) is 107 cm³/mol. The Morgan fingerprint density at radius 1 is 1.07 bits per heavy atom. The highest BCUT2D eigenvalue weighted by Gasteiger charge is 2.30. The van der Waals surface area contributed by atoms with Gasteiger partial charge < -0.3 is 20.2 Å². The SMILES string of the molecule is C[C@@H](C(=O)NC(=O)NCc1ccccc1)[NH+]1CCN(c2ccc(O)cc2)CC1. The fourth-order valence-electron chi connectivity index (χ4n) is 3.38. The Bertz CT molecular complexity index is 787. The van der Waals surface area contributed by atoms with Crippen molar-refractivity contribution in [1.82, 2.24) is 10.6 Å². The first kappa shape index (κ1) is 19.7. The standard InChI is InChI=1S/C21H26N4O3/c1-16(20(27)23-21(28)22-15-17-5-3-2-4-6-17)24-11-13-25(14-12-24)18-7-9-19(26)10-8-18/h2-10,16,26H,11-15H2,1H3,(H2,22,23,27,28)/p+1/t16-/m0/s1. The Hall–Kier alpha value is -3.06. The third kappa shape index (κ3) is 5.23. The van der Waals surface area contributed by atoms with Crippen LogP contribution < -0.4 is 20.4 Å². The maximum absolute atomic E-state index is 12.4. The fraction of sp³-hybridized carbons (Fsp3) is 0.333. The smallest absolute Gasteiger partial charge is 0.321 e. The number of urea groups is 1. The van der Waals surface area contributed by atoms with E-state index in [2.05, 4.69) is 15.5 Å². The number of hydrogen-bond donors (Lipinski definition) is 4. The zero-order valence-corrected chi connectivity index (χ0v) is 16.0. The molecule has 1 heterocycles. The van der Waals surface area contributed by atoms with Crippen molar-refractivity contribution in [3.05, 3.63) is 60.2 Å². The fourth-order valence-corrected chi connectivity index (χ4v) is 3.38. The molecule has 3 rings (SSSR count). The molecule has 148 valence electrons. The van der Waals surface area contributed by atoms with Gasteiger partial charge in [0.15, 0.2) is 6.04 Å². The zero-order chi connectivity index (χ0) is 19.9. The molecule has 7 heteroatoms. The van der Waals surface area contributed by atoms with Crippen molar-refractivity contribution in [3.8, 4) is 5.75 Å². The van der Waals surface area contributed by atoms with Crippen LogP contribution in [-0.4, -0.2) is 49.3 Å². The third-order valence-corrected chi connectivity index (χ3v) is 5.16. The van der Waals surface area contributed by atoms with Gasteiger partial charge >= 0.3 is 6.03 Å². The second-order valence-electron chi connectivity index (χ2n) is 7.04. The minimum Gasteiger partial charge on any atom is -0.508 e. The molecule has 7 nitrogen and oxygen atoms in total. The van der Waals surface area contributed by atoms with E-state index in [4.69, 9.17) is 0 Å². The van der Waals surface area contributed by atoms with Crippen molar-refractivity contribution in [2.75, 3.05) is 31.1 Å². The Balaban J connectivity index is 1.43. The number of phenolic OH excluding ortho intramolecular Hbond substituents is 1. The molecule has 2 aromatic carbocycles. The Morgan fingerprint density at radius 3 is 2.36 bits per heavy atom. The van der Waals surface area contributed by atoms with Crippen molar-refractivity contribution in [2.24, 2.45) is 0 Å². The molecule has 0 saturated carbocycles. The van der Waals surface area contributed by atoms with Gasteiger partial charge in [-0.1, -0.05) is 30.3 Å². The average Bonchev–Trinajstić information content (AvgIpc) is 2.73. The molecular formula is C21H27N4O3+. The summed E-state index contributed by atoms with van der Waals surface area (Å²) in [7, 11) is 0. The Labute approximate surface area is 165 Å². The molecule has 3 amide bonds. The molecule has 1 fully saturated rings. The van der Waals surface area contributed by atoms with E-state index in [-0.39, 0.29) is 17.7 Å². The number of hydrogen-bond acceptors (Lipinski definition) is 4. The van der Waals surface area contributed by atoms with E-state index in [1.807, 2.05) is 49.4 Å². The highest BCUT2D eigenvalue weighted by molar-refractivity contribution is 5.96. The van der Waals surface area contributed by atoms with Crippen LogP contribution in [0, 0.1) is 0 Å². The summed E-state index contributed by atoms with van der Waals surface area (Å²) in [5.74, 6) is -0.0116. The van der Waals surface area contributed by atoms with E-state index in [9.17, 15) is 14.7 Å². The van der Waals surface area contributed by atoms with E-state index in [0.717, 1.165) is 42.3 Å². The number of nitrogens with one attached hydrogen (secondary N) is 3. The van der Waals surface area contributed by atoms with Gasteiger partial charge in [0.2, 0.25) is 0 Å². The maximum atomic E-state index is 12.4. The van der Waals surface area contributed by atoms with Gasteiger partial charge in [-0.05, 0) is 36.8 Å². The van der Waals surface area contributed by atoms with E-state index in [1.54, 1.807) is 12.1 Å². The summed E-state index contributed by atoms with van der Waals surface area (Å²) in [6, 6.07) is 15.9. The maximum Gasteiger partial charge on any atom is 0.321 e. The summed E-state index contributed by atoms with van der Waals surface area (Å²) >= 11 is 0. The monoisotopic (exact) mass is 383 g/mol. The van der Waals surface area contributed by atoms with Crippen LogP contribution in [0.1, 0.15) is 12.5 Å². The number of quaternary nitrogens is 1. The lowest BCUT2D eigenvalue weighted by Crippen LogP contribution is -3.19. The number of aromatic hydroxyl groups is 1. The number of amides is 3. The Kier molecular flexibility index (Phi) is 6.49. The summed E-state index contributed by atoms with van der Waals surface area (Å²) < 4.78 is 0. The van der Waals surface area contributed by atoms with Crippen LogP contribution in [0.5, 0.6) is 5.75 Å². The number of carbonyl (C=O) groups excluding carboxylic acids is 2. The molecule has 0 bridgehead atoms. The molecule has 0 aliphatic carbocycles. The molecule has 0 radical (unpaired) electrons. The summed E-state index contributed by atoms with van der Waals surface area (Å²) in [6.07, 6.45) is 0. The highest BCUT2D eigenvalue weighted by atomic mass is 16.3. The number of carbonyl (C=O) groups is 2. The molecular weight excluding hydrogens is 356 g/mol. The van der Waals surface area contributed by atoms with Gasteiger partial charge in [-0.25, -0.2) is 4.79 Å². The van der Waals surface area contributed by atoms with Crippen LogP contribution in [0.3, 0.4) is 0 Å². The summed E-state index contributed by atoms with van der Waals surface area (Å²) in [5, 5.41) is 14.6. The first-order chi connectivity index (χ1) is 13.5. The number of piperazine rings is 1. The molecule has 1 aliphatic rings. The van der Waals surface area contributed by atoms with Crippen LogP contribution >= 0.6 is 0 Å². The lowest BCUT2D eigenvalue weighted by Gasteiger charge is -2.35. The van der Waals surface area contributed by atoms with Crippen LogP contribution in [0.25, 0.3) is 0 Å². The molecule has 1 atom stereocenters. The van der Waals surface area contributed by atoms with Gasteiger partial charge in [-0.15, -0.1) is 0 Å². The molecule has 0 unspecified atom stereocenters. The molecule has 1 saturated heterocycles. The average molecular weight is 383 g/mol. The van der Waals surface area contributed by atoms with Gasteiger partial charge in [0.1, 0.15) is 5.75 Å². The minimum absolute atomic E-state index is 0.254. The van der Waals surface area contributed by atoms with Gasteiger partial charge in [-0.3, -0.25) is 10.1 Å². The first-order valence-electron chi connectivity index (χ1n) is 9.54. The quantitative estimate of drug-likeness (QED) is 0.606. The first-order valence-corrected chi connectivity index (χ1v) is 9.54. The van der Waals surface area contributed by atoms with Crippen molar-refractivity contribution in [3.63, 3.8) is 0 Å². The number of nitrogens with zero attached hydrogens (tertiary/aromatic N) is 1. The Morgan fingerprint density at radius 2 is 1.71 bits per heavy atom. The number of rotatable bonds is 5. The van der Waals surface area contributed by atoms with Crippen molar-refractivity contribution < 1.29 is 19.6 Å². The number of anilines is 1. The van der Waals surface area contributed by atoms with Gasteiger partial charge in [-0.2, -0.15) is 0 Å². The molecule has 4 N–H and O–H groups in total. The van der Waals surface area contributed by atoms with Crippen LogP contribution in [0.2, 0.25) is 0 Å². The normalized spacial score (nSPS) is 15.7. The minimum atomic E-state index is -0.470. The van der Waals surface area contributed by atoms with Gasteiger partial charge in [0, 0.05) is 12.2 Å². The second kappa shape index (κ2) is 9.23. The largest absolute Gasteiger partial charge is 0.508 e. The van der Waals surface area contributed by atoms with E-state index >= 15 is 0 Å². The number of benzene rings is 2. The van der Waals surface area contributed by atoms with E-state index in [0.29, 0.717) is 6.54 Å². The number of phenols is 1. The topological polar surface area (TPSA) is 86.1 Å². The third-order valence-electron chi connectivity index (χ3n) is 5.16. The lowest BCUT2D eigenvalue weighted by atomic mass is 10.2. The van der Waals surface area contributed by atoms with E-state index < -0.39 is 6.03 Å². The molecule has 0 spiro atoms. The van der Waals surface area contributed by atoms with Crippen molar-refractivity contribution in [1.29, 1.82) is 0 Å². The molecule has 2 aromatic rings.